The number of hydrogen-bond donors (Lipinski definition) is 0. The third-order valence-electron chi connectivity index (χ3n) is 5.64. The highest BCUT2D eigenvalue weighted by molar-refractivity contribution is 5.69. The van der Waals surface area contributed by atoms with Crippen molar-refractivity contribution in [1.82, 2.24) is 0 Å². The lowest BCUT2D eigenvalue weighted by Gasteiger charge is -2.17. The van der Waals surface area contributed by atoms with E-state index in [9.17, 15) is 4.79 Å². The molecule has 0 aliphatic carbocycles. The number of esters is 1. The van der Waals surface area contributed by atoms with Crippen LogP contribution in [0.1, 0.15) is 128 Å². The molecule has 1 unspecified atom stereocenters. The summed E-state index contributed by atoms with van der Waals surface area (Å²) < 4.78 is 5.75. The highest BCUT2D eigenvalue weighted by Crippen LogP contribution is 2.23. The van der Waals surface area contributed by atoms with Crippen LogP contribution in [0, 0.1) is 0 Å². The molecule has 1 aromatic carbocycles. The fourth-order valence-corrected chi connectivity index (χ4v) is 3.78. The standard InChI is InChI=1S/C28H46O2/c1-3-5-6-7-8-9-10-11-12-13-14-15-16-17-21-25-28(29)30-27(22-4-2)26-23-19-18-20-24-26/h11-12,18-20,23-24,27H,3-10,13-17,21-22,25H2,1-2H3/b12-11+. The number of benzene rings is 1. The lowest BCUT2D eigenvalue weighted by atomic mass is 10.1. The van der Waals surface area contributed by atoms with E-state index in [4.69, 9.17) is 4.74 Å². The molecule has 0 aliphatic rings. The first kappa shape index (κ1) is 26.5. The molecule has 0 amide bonds. The van der Waals surface area contributed by atoms with E-state index in [0.29, 0.717) is 6.42 Å². The van der Waals surface area contributed by atoms with Crippen molar-refractivity contribution in [2.45, 2.75) is 123 Å². The van der Waals surface area contributed by atoms with Gasteiger partial charge in [0.2, 0.25) is 0 Å². The van der Waals surface area contributed by atoms with Crippen molar-refractivity contribution >= 4 is 5.97 Å². The van der Waals surface area contributed by atoms with E-state index in [1.807, 2.05) is 18.2 Å². The topological polar surface area (TPSA) is 26.3 Å². The zero-order valence-corrected chi connectivity index (χ0v) is 19.7. The van der Waals surface area contributed by atoms with Crippen LogP contribution in [0.4, 0.5) is 0 Å². The smallest absolute Gasteiger partial charge is 0.306 e. The average molecular weight is 415 g/mol. The number of ether oxygens (including phenoxy) is 1. The fraction of sp³-hybridized carbons (Fsp3) is 0.679. The third kappa shape index (κ3) is 14.4. The maximum absolute atomic E-state index is 12.2. The Morgan fingerprint density at radius 2 is 1.33 bits per heavy atom. The van der Waals surface area contributed by atoms with Crippen molar-refractivity contribution in [1.29, 1.82) is 0 Å². The van der Waals surface area contributed by atoms with Crippen LogP contribution in [-0.4, -0.2) is 5.97 Å². The molecule has 30 heavy (non-hydrogen) atoms. The normalized spacial score (nSPS) is 12.3. The highest BCUT2D eigenvalue weighted by Gasteiger charge is 2.15. The van der Waals surface area contributed by atoms with Crippen LogP contribution in [-0.2, 0) is 9.53 Å². The highest BCUT2D eigenvalue weighted by atomic mass is 16.5. The first-order valence-electron chi connectivity index (χ1n) is 12.7. The summed E-state index contributed by atoms with van der Waals surface area (Å²) in [5.41, 5.74) is 1.11. The second-order valence-electron chi connectivity index (χ2n) is 8.51. The monoisotopic (exact) mass is 414 g/mol. The molecule has 1 atom stereocenters. The Bertz CT molecular complexity index is 535. The Hall–Kier alpha value is -1.57. The summed E-state index contributed by atoms with van der Waals surface area (Å²) in [6, 6.07) is 10.1. The molecule has 0 aromatic heterocycles. The summed E-state index contributed by atoms with van der Waals surface area (Å²) in [6.07, 6.45) is 23.6. The van der Waals surface area contributed by atoms with Gasteiger partial charge in [0.15, 0.2) is 0 Å². The largest absolute Gasteiger partial charge is 0.457 e. The molecule has 0 saturated carbocycles. The molecule has 2 heteroatoms. The molecule has 0 saturated heterocycles. The van der Waals surface area contributed by atoms with Crippen molar-refractivity contribution in [2.75, 3.05) is 0 Å². The van der Waals surface area contributed by atoms with Gasteiger partial charge in [-0.05, 0) is 44.1 Å². The van der Waals surface area contributed by atoms with Crippen molar-refractivity contribution < 1.29 is 9.53 Å². The minimum Gasteiger partial charge on any atom is -0.457 e. The Morgan fingerprint density at radius 1 is 0.767 bits per heavy atom. The Labute approximate surface area is 186 Å². The minimum absolute atomic E-state index is 0.0464. The van der Waals surface area contributed by atoms with Gasteiger partial charge in [-0.1, -0.05) is 114 Å². The van der Waals surface area contributed by atoms with Gasteiger partial charge in [0, 0.05) is 6.42 Å². The molecule has 170 valence electrons. The van der Waals surface area contributed by atoms with Gasteiger partial charge in [0.25, 0.3) is 0 Å². The van der Waals surface area contributed by atoms with E-state index in [1.165, 1.54) is 70.6 Å². The van der Waals surface area contributed by atoms with Gasteiger partial charge in [-0.15, -0.1) is 0 Å². The lowest BCUT2D eigenvalue weighted by Crippen LogP contribution is -2.11. The fourth-order valence-electron chi connectivity index (χ4n) is 3.78. The van der Waals surface area contributed by atoms with Crippen molar-refractivity contribution in [3.05, 3.63) is 48.0 Å². The van der Waals surface area contributed by atoms with Crippen LogP contribution in [0.5, 0.6) is 0 Å². The quantitative estimate of drug-likeness (QED) is 0.128. The number of carbonyl (C=O) groups is 1. The SMILES string of the molecule is CCCCCCCC/C=C/CCCCCCCC(=O)OC(CCC)c1ccccc1. The Balaban J connectivity index is 1.98. The number of hydrogen-bond acceptors (Lipinski definition) is 2. The molecule has 0 spiro atoms. The van der Waals surface area contributed by atoms with Crippen LogP contribution in [0.25, 0.3) is 0 Å². The van der Waals surface area contributed by atoms with Crippen molar-refractivity contribution in [2.24, 2.45) is 0 Å². The molecule has 2 nitrogen and oxygen atoms in total. The number of unbranched alkanes of at least 4 members (excludes halogenated alkanes) is 11. The van der Waals surface area contributed by atoms with E-state index < -0.39 is 0 Å². The van der Waals surface area contributed by atoms with E-state index >= 15 is 0 Å². The van der Waals surface area contributed by atoms with Gasteiger partial charge >= 0.3 is 5.97 Å². The summed E-state index contributed by atoms with van der Waals surface area (Å²) in [6.45, 7) is 4.40. The van der Waals surface area contributed by atoms with Crippen LogP contribution in [0.2, 0.25) is 0 Å². The van der Waals surface area contributed by atoms with E-state index in [-0.39, 0.29) is 12.1 Å². The molecule has 0 N–H and O–H groups in total. The van der Waals surface area contributed by atoms with Gasteiger partial charge in [0.05, 0.1) is 0 Å². The van der Waals surface area contributed by atoms with Crippen LogP contribution in [0.15, 0.2) is 42.5 Å². The van der Waals surface area contributed by atoms with Crippen LogP contribution < -0.4 is 0 Å². The second-order valence-corrected chi connectivity index (χ2v) is 8.51. The number of carbonyl (C=O) groups excluding carboxylic acids is 1. The van der Waals surface area contributed by atoms with Gasteiger partial charge in [0.1, 0.15) is 6.10 Å². The zero-order chi connectivity index (χ0) is 21.7. The van der Waals surface area contributed by atoms with Gasteiger partial charge in [-0.2, -0.15) is 0 Å². The predicted molar refractivity (Wildman–Crippen MR) is 130 cm³/mol. The van der Waals surface area contributed by atoms with E-state index in [0.717, 1.165) is 31.2 Å². The summed E-state index contributed by atoms with van der Waals surface area (Å²) >= 11 is 0. The maximum Gasteiger partial charge on any atom is 0.306 e. The molecular weight excluding hydrogens is 368 g/mol. The maximum atomic E-state index is 12.2. The molecule has 0 radical (unpaired) electrons. The van der Waals surface area contributed by atoms with Gasteiger partial charge in [-0.3, -0.25) is 4.79 Å². The molecular formula is C28H46O2. The average Bonchev–Trinajstić information content (AvgIpc) is 2.76. The molecule has 1 aromatic rings. The number of rotatable bonds is 19. The number of allylic oxidation sites excluding steroid dienone is 2. The second kappa shape index (κ2) is 19.4. The molecule has 0 heterocycles. The molecule has 0 fully saturated rings. The molecule has 0 aliphatic heterocycles. The molecule has 1 rings (SSSR count). The Kier molecular flexibility index (Phi) is 17.1. The first-order chi connectivity index (χ1) is 14.8. The Morgan fingerprint density at radius 3 is 1.93 bits per heavy atom. The summed E-state index contributed by atoms with van der Waals surface area (Å²) in [5.74, 6) is -0.0464. The molecule has 0 bridgehead atoms. The van der Waals surface area contributed by atoms with Crippen molar-refractivity contribution in [3.8, 4) is 0 Å². The van der Waals surface area contributed by atoms with Crippen LogP contribution >= 0.6 is 0 Å². The van der Waals surface area contributed by atoms with Crippen molar-refractivity contribution in [3.63, 3.8) is 0 Å². The zero-order valence-electron chi connectivity index (χ0n) is 19.7. The van der Waals surface area contributed by atoms with E-state index in [2.05, 4.69) is 38.1 Å². The van der Waals surface area contributed by atoms with Crippen LogP contribution in [0.3, 0.4) is 0 Å². The summed E-state index contributed by atoms with van der Waals surface area (Å²) in [5, 5.41) is 0. The first-order valence-corrected chi connectivity index (χ1v) is 12.7. The van der Waals surface area contributed by atoms with Gasteiger partial charge in [-0.25, -0.2) is 0 Å². The minimum atomic E-state index is -0.0909. The third-order valence-corrected chi connectivity index (χ3v) is 5.64. The van der Waals surface area contributed by atoms with E-state index in [1.54, 1.807) is 0 Å². The lowest BCUT2D eigenvalue weighted by molar-refractivity contribution is -0.150. The summed E-state index contributed by atoms with van der Waals surface area (Å²) in [4.78, 5) is 12.2. The van der Waals surface area contributed by atoms with Gasteiger partial charge < -0.3 is 4.74 Å². The predicted octanol–water partition coefficient (Wildman–Crippen LogP) is 9.11. The summed E-state index contributed by atoms with van der Waals surface area (Å²) in [7, 11) is 0.